The summed E-state index contributed by atoms with van der Waals surface area (Å²) in [6, 6.07) is 10.1. The van der Waals surface area contributed by atoms with Crippen LogP contribution in [0.3, 0.4) is 0 Å². The van der Waals surface area contributed by atoms with Crippen molar-refractivity contribution in [1.29, 1.82) is 0 Å². The number of amides is 1. The lowest BCUT2D eigenvalue weighted by molar-refractivity contribution is -0.160. The minimum atomic E-state index is 0.207. The number of nitrogens with one attached hydrogen (secondary N) is 1. The van der Waals surface area contributed by atoms with Gasteiger partial charge < -0.3 is 5.32 Å². The van der Waals surface area contributed by atoms with Crippen molar-refractivity contribution in [2.75, 3.05) is 0 Å². The van der Waals surface area contributed by atoms with Crippen LogP contribution in [0.4, 0.5) is 0 Å². The van der Waals surface area contributed by atoms with Crippen molar-refractivity contribution in [3.63, 3.8) is 0 Å². The first-order valence-electron chi connectivity index (χ1n) is 7.28. The molecule has 0 radical (unpaired) electrons. The predicted molar refractivity (Wildman–Crippen MR) is 76.4 cm³/mol. The van der Waals surface area contributed by atoms with Gasteiger partial charge in [-0.2, -0.15) is 0 Å². The number of fused-ring (bicyclic) bond motifs is 1. The second-order valence-corrected chi connectivity index (χ2v) is 6.97. The second-order valence-electron chi connectivity index (χ2n) is 6.97. The van der Waals surface area contributed by atoms with E-state index in [-0.39, 0.29) is 17.2 Å². The molecule has 3 saturated carbocycles. The first kappa shape index (κ1) is 12.7. The molecule has 19 heavy (non-hydrogen) atoms. The first-order chi connectivity index (χ1) is 8.97. The van der Waals surface area contributed by atoms with Gasteiger partial charge in [0.25, 0.3) is 0 Å². The highest BCUT2D eigenvalue weighted by atomic mass is 16.2. The van der Waals surface area contributed by atoms with E-state index in [0.717, 1.165) is 0 Å². The van der Waals surface area contributed by atoms with Crippen molar-refractivity contribution in [2.45, 2.75) is 40.2 Å². The molecule has 2 nitrogen and oxygen atoms in total. The molecule has 102 valence electrons. The van der Waals surface area contributed by atoms with Gasteiger partial charge in [0.05, 0.1) is 0 Å². The van der Waals surface area contributed by atoms with Gasteiger partial charge in [-0.05, 0) is 35.2 Å². The van der Waals surface area contributed by atoms with Crippen molar-refractivity contribution in [1.82, 2.24) is 5.32 Å². The maximum atomic E-state index is 12.4. The van der Waals surface area contributed by atoms with Crippen molar-refractivity contribution in [2.24, 2.45) is 22.7 Å². The van der Waals surface area contributed by atoms with E-state index < -0.39 is 0 Å². The average molecular weight is 257 g/mol. The monoisotopic (exact) mass is 257 g/mol. The third-order valence-corrected chi connectivity index (χ3v) is 6.05. The highest BCUT2D eigenvalue weighted by Gasteiger charge is 2.70. The minimum Gasteiger partial charge on any atom is -0.352 e. The summed E-state index contributed by atoms with van der Waals surface area (Å²) in [4.78, 5) is 12.4. The Labute approximate surface area is 115 Å². The molecule has 2 bridgehead atoms. The second kappa shape index (κ2) is 4.09. The Morgan fingerprint density at radius 3 is 2.47 bits per heavy atom. The molecule has 0 heterocycles. The van der Waals surface area contributed by atoms with Crippen LogP contribution < -0.4 is 5.32 Å². The first-order valence-corrected chi connectivity index (χ1v) is 7.28. The normalized spacial score (nSPS) is 34.7. The van der Waals surface area contributed by atoms with Gasteiger partial charge in [0.1, 0.15) is 0 Å². The van der Waals surface area contributed by atoms with Gasteiger partial charge in [-0.1, -0.05) is 51.1 Å². The quantitative estimate of drug-likeness (QED) is 0.883. The fourth-order valence-electron chi connectivity index (χ4n) is 4.42. The summed E-state index contributed by atoms with van der Waals surface area (Å²) in [7, 11) is 0. The Morgan fingerprint density at radius 2 is 1.95 bits per heavy atom. The van der Waals surface area contributed by atoms with E-state index in [0.29, 0.717) is 17.9 Å². The van der Waals surface area contributed by atoms with Gasteiger partial charge in [0.2, 0.25) is 5.91 Å². The zero-order chi connectivity index (χ0) is 13.7. The van der Waals surface area contributed by atoms with E-state index in [2.05, 4.69) is 38.2 Å². The lowest BCUT2D eigenvalue weighted by atomic mass is 9.45. The topological polar surface area (TPSA) is 29.1 Å². The number of rotatable bonds is 3. The molecule has 3 aliphatic rings. The van der Waals surface area contributed by atoms with Crippen LogP contribution in [-0.2, 0) is 11.3 Å². The van der Waals surface area contributed by atoms with Gasteiger partial charge >= 0.3 is 0 Å². The Balaban J connectivity index is 1.64. The van der Waals surface area contributed by atoms with Gasteiger partial charge in [0, 0.05) is 12.5 Å². The molecule has 3 aliphatic carbocycles. The molecule has 4 rings (SSSR count). The van der Waals surface area contributed by atoms with E-state index in [9.17, 15) is 4.79 Å². The zero-order valence-corrected chi connectivity index (χ0v) is 12.1. The van der Waals surface area contributed by atoms with Crippen LogP contribution in [0.25, 0.3) is 0 Å². The number of carbonyl (C=O) groups excluding carboxylic acids is 1. The number of carbonyl (C=O) groups is 1. The highest BCUT2D eigenvalue weighted by molar-refractivity contribution is 5.82. The molecule has 0 saturated heterocycles. The minimum absolute atomic E-state index is 0.207. The Morgan fingerprint density at radius 1 is 1.26 bits per heavy atom. The molecule has 0 spiro atoms. The molecular weight excluding hydrogens is 234 g/mol. The molecule has 0 aliphatic heterocycles. The Kier molecular flexibility index (Phi) is 2.74. The maximum absolute atomic E-state index is 12.4. The maximum Gasteiger partial charge on any atom is 0.224 e. The van der Waals surface area contributed by atoms with Crippen LogP contribution >= 0.6 is 0 Å². The van der Waals surface area contributed by atoms with E-state index >= 15 is 0 Å². The van der Waals surface area contributed by atoms with Crippen molar-refractivity contribution in [3.05, 3.63) is 35.9 Å². The third-order valence-electron chi connectivity index (χ3n) is 6.05. The molecule has 3 atom stereocenters. The molecule has 1 aromatic carbocycles. The fourth-order valence-corrected chi connectivity index (χ4v) is 4.42. The summed E-state index contributed by atoms with van der Waals surface area (Å²) in [5.41, 5.74) is 1.71. The standard InChI is InChI=1S/C17H23NO/c1-16(2)13-9-10-17(16,3)14(13)15(19)18-11-12-7-5-4-6-8-12/h4-8,13-14H,9-11H2,1-3H3,(H,18,19)/t13-,14?,17+/m0/s1. The SMILES string of the molecule is CC1(C)[C@H]2CC[C@]1(C)C2C(=O)NCc1ccccc1. The highest BCUT2D eigenvalue weighted by Crippen LogP contribution is 2.73. The van der Waals surface area contributed by atoms with Gasteiger partial charge in [-0.25, -0.2) is 0 Å². The van der Waals surface area contributed by atoms with E-state index in [4.69, 9.17) is 0 Å². The van der Waals surface area contributed by atoms with Gasteiger partial charge in [0.15, 0.2) is 0 Å². The Hall–Kier alpha value is -1.31. The lowest BCUT2D eigenvalue weighted by Gasteiger charge is -2.58. The van der Waals surface area contributed by atoms with E-state index in [1.165, 1.54) is 18.4 Å². The van der Waals surface area contributed by atoms with Crippen LogP contribution in [0.5, 0.6) is 0 Å². The smallest absolute Gasteiger partial charge is 0.224 e. The predicted octanol–water partition coefficient (Wildman–Crippen LogP) is 3.38. The fraction of sp³-hybridized carbons (Fsp3) is 0.588. The molecule has 1 aromatic rings. The summed E-state index contributed by atoms with van der Waals surface area (Å²) in [5, 5.41) is 3.13. The summed E-state index contributed by atoms with van der Waals surface area (Å²) in [6.45, 7) is 7.60. The lowest BCUT2D eigenvalue weighted by Crippen LogP contribution is -2.60. The van der Waals surface area contributed by atoms with Crippen LogP contribution in [0, 0.1) is 22.7 Å². The van der Waals surface area contributed by atoms with Crippen LogP contribution in [0.15, 0.2) is 30.3 Å². The summed E-state index contributed by atoms with van der Waals surface area (Å²) < 4.78 is 0. The van der Waals surface area contributed by atoms with Crippen LogP contribution in [-0.4, -0.2) is 5.91 Å². The van der Waals surface area contributed by atoms with Crippen molar-refractivity contribution < 1.29 is 4.79 Å². The van der Waals surface area contributed by atoms with Gasteiger partial charge in [-0.15, -0.1) is 0 Å². The summed E-state index contributed by atoms with van der Waals surface area (Å²) >= 11 is 0. The number of hydrogen-bond acceptors (Lipinski definition) is 1. The number of hydrogen-bond donors (Lipinski definition) is 1. The van der Waals surface area contributed by atoms with Crippen LogP contribution in [0.1, 0.15) is 39.2 Å². The molecule has 1 unspecified atom stereocenters. The van der Waals surface area contributed by atoms with E-state index in [1.54, 1.807) is 0 Å². The van der Waals surface area contributed by atoms with Gasteiger partial charge in [-0.3, -0.25) is 4.79 Å². The molecule has 2 heteroatoms. The van der Waals surface area contributed by atoms with Crippen molar-refractivity contribution >= 4 is 5.91 Å². The Bertz CT molecular complexity index is 493. The van der Waals surface area contributed by atoms with E-state index in [1.807, 2.05) is 18.2 Å². The van der Waals surface area contributed by atoms with Crippen LogP contribution in [0.2, 0.25) is 0 Å². The molecule has 3 fully saturated rings. The molecular formula is C17H23NO. The zero-order valence-electron chi connectivity index (χ0n) is 12.1. The average Bonchev–Trinajstić information content (AvgIpc) is 2.88. The third kappa shape index (κ3) is 1.65. The molecule has 0 aromatic heterocycles. The summed E-state index contributed by atoms with van der Waals surface area (Å²) in [5.74, 6) is 1.06. The van der Waals surface area contributed by atoms with Crippen molar-refractivity contribution in [3.8, 4) is 0 Å². The summed E-state index contributed by atoms with van der Waals surface area (Å²) in [6.07, 6.45) is 2.42. The number of benzene rings is 1. The molecule has 1 N–H and O–H groups in total. The molecule has 1 amide bonds. The largest absolute Gasteiger partial charge is 0.352 e.